The van der Waals surface area contributed by atoms with Crippen molar-refractivity contribution in [1.29, 1.82) is 0 Å². The maximum atomic E-state index is 12.0. The predicted molar refractivity (Wildman–Crippen MR) is 104 cm³/mol. The Morgan fingerprint density at radius 2 is 2.07 bits per heavy atom. The number of amides is 3. The number of hydrogen-bond acceptors (Lipinski definition) is 8. The van der Waals surface area contributed by atoms with Gasteiger partial charge in [-0.2, -0.15) is 0 Å². The lowest BCUT2D eigenvalue weighted by atomic mass is 10.3. The summed E-state index contributed by atoms with van der Waals surface area (Å²) in [5.74, 6) is -1.60. The van der Waals surface area contributed by atoms with Gasteiger partial charge in [-0.15, -0.1) is 11.3 Å². The number of nitrogens with zero attached hydrogens (tertiary/aromatic N) is 3. The van der Waals surface area contributed by atoms with E-state index in [1.807, 2.05) is 18.2 Å². The maximum Gasteiger partial charge on any atom is 0.416 e. The Morgan fingerprint density at radius 1 is 1.31 bits per heavy atom. The minimum Gasteiger partial charge on any atom is -0.452 e. The van der Waals surface area contributed by atoms with Gasteiger partial charge in [0.25, 0.3) is 5.91 Å². The van der Waals surface area contributed by atoms with Gasteiger partial charge in [0, 0.05) is 18.4 Å². The van der Waals surface area contributed by atoms with Crippen molar-refractivity contribution in [2.45, 2.75) is 6.92 Å². The van der Waals surface area contributed by atoms with Gasteiger partial charge in [0.05, 0.1) is 17.9 Å². The summed E-state index contributed by atoms with van der Waals surface area (Å²) < 4.78 is 9.48. The van der Waals surface area contributed by atoms with Crippen LogP contribution in [0.4, 0.5) is 15.6 Å². The molecule has 0 spiro atoms. The van der Waals surface area contributed by atoms with Crippen LogP contribution in [-0.4, -0.2) is 53.5 Å². The lowest BCUT2D eigenvalue weighted by Crippen LogP contribution is -2.35. The second kappa shape index (κ2) is 9.11. The normalized spacial score (nSPS) is 13.4. The van der Waals surface area contributed by atoms with Crippen molar-refractivity contribution in [1.82, 2.24) is 9.88 Å². The van der Waals surface area contributed by atoms with E-state index in [0.29, 0.717) is 16.5 Å². The van der Waals surface area contributed by atoms with E-state index in [9.17, 15) is 19.2 Å². The molecule has 0 aliphatic carbocycles. The molecular formula is C19H17N3O6S. The Bertz CT molecular complexity index is 956. The number of benzene rings is 1. The largest absolute Gasteiger partial charge is 0.452 e. The molecule has 150 valence electrons. The summed E-state index contributed by atoms with van der Waals surface area (Å²) in [6, 6.07) is 9.07. The Balaban J connectivity index is 1.59. The molecule has 1 aromatic heterocycles. The van der Waals surface area contributed by atoms with Gasteiger partial charge < -0.3 is 9.47 Å². The first-order valence-electron chi connectivity index (χ1n) is 8.59. The van der Waals surface area contributed by atoms with Gasteiger partial charge in [-0.25, -0.2) is 19.5 Å². The van der Waals surface area contributed by atoms with Crippen LogP contribution in [0.3, 0.4) is 0 Å². The number of cyclic esters (lactones) is 1. The van der Waals surface area contributed by atoms with Gasteiger partial charge in [-0.05, 0) is 18.2 Å². The van der Waals surface area contributed by atoms with Crippen molar-refractivity contribution in [2.75, 3.05) is 24.7 Å². The van der Waals surface area contributed by atoms with Gasteiger partial charge in [0.1, 0.15) is 6.61 Å². The van der Waals surface area contributed by atoms with E-state index in [1.54, 1.807) is 17.5 Å². The van der Waals surface area contributed by atoms with Crippen molar-refractivity contribution < 1.29 is 28.7 Å². The quantitative estimate of drug-likeness (QED) is 0.527. The number of anilines is 2. The molecule has 1 aliphatic heterocycles. The van der Waals surface area contributed by atoms with Crippen LogP contribution < -0.4 is 4.90 Å². The van der Waals surface area contributed by atoms with Gasteiger partial charge in [-0.3, -0.25) is 14.5 Å². The molecule has 9 nitrogen and oxygen atoms in total. The van der Waals surface area contributed by atoms with Gasteiger partial charge in [0.2, 0.25) is 5.91 Å². The summed E-state index contributed by atoms with van der Waals surface area (Å²) >= 11 is 1.25. The number of rotatable bonds is 6. The highest BCUT2D eigenvalue weighted by molar-refractivity contribution is 7.14. The molecule has 1 fully saturated rings. The Hall–Kier alpha value is -3.53. The fourth-order valence-corrected chi connectivity index (χ4v) is 3.35. The van der Waals surface area contributed by atoms with E-state index < -0.39 is 24.6 Å². The predicted octanol–water partition coefficient (Wildman–Crippen LogP) is 2.36. The number of carbonyl (C=O) groups is 4. The molecule has 1 aromatic carbocycles. The number of aromatic nitrogens is 1. The van der Waals surface area contributed by atoms with Crippen molar-refractivity contribution in [3.8, 4) is 0 Å². The number of esters is 1. The lowest BCUT2D eigenvalue weighted by molar-refractivity contribution is -0.146. The molecule has 10 heteroatoms. The highest BCUT2D eigenvalue weighted by Crippen LogP contribution is 2.28. The molecule has 2 heterocycles. The lowest BCUT2D eigenvalue weighted by Gasteiger charge is -2.17. The number of hydrogen-bond donors (Lipinski definition) is 0. The third kappa shape index (κ3) is 5.05. The highest BCUT2D eigenvalue weighted by Gasteiger charge is 2.28. The number of imide groups is 1. The molecule has 3 rings (SSSR count). The average Bonchev–Trinajstić information content (AvgIpc) is 3.34. The van der Waals surface area contributed by atoms with Crippen molar-refractivity contribution in [3.05, 3.63) is 47.5 Å². The smallest absolute Gasteiger partial charge is 0.416 e. The van der Waals surface area contributed by atoms with E-state index in [1.165, 1.54) is 29.2 Å². The zero-order valence-electron chi connectivity index (χ0n) is 15.4. The second-order valence-corrected chi connectivity index (χ2v) is 6.68. The monoisotopic (exact) mass is 415 g/mol. The molecule has 3 amide bonds. The van der Waals surface area contributed by atoms with Crippen molar-refractivity contribution in [2.24, 2.45) is 0 Å². The zero-order valence-corrected chi connectivity index (χ0v) is 16.3. The Kier molecular flexibility index (Phi) is 6.35. The minimum absolute atomic E-state index is 0.130. The third-order valence-corrected chi connectivity index (χ3v) is 4.66. The maximum absolute atomic E-state index is 12.0. The van der Waals surface area contributed by atoms with Crippen LogP contribution in [0, 0.1) is 0 Å². The summed E-state index contributed by atoms with van der Waals surface area (Å²) in [6.07, 6.45) is 1.79. The molecule has 0 N–H and O–H groups in total. The van der Waals surface area contributed by atoms with Crippen molar-refractivity contribution in [3.63, 3.8) is 0 Å². The molecule has 29 heavy (non-hydrogen) atoms. The molecule has 0 saturated carbocycles. The standard InChI is InChI=1S/C19H17N3O6S/c1-13(23)22(15-5-3-2-4-6-15)18-20-14(12-29-18)7-8-17(25)28-11-16(24)21-9-10-27-19(21)26/h2-8,12H,9-11H2,1H3/b8-7+. The van der Waals surface area contributed by atoms with Gasteiger partial charge in [0.15, 0.2) is 11.7 Å². The molecule has 0 bridgehead atoms. The summed E-state index contributed by atoms with van der Waals surface area (Å²) in [6.45, 7) is 1.15. The molecular weight excluding hydrogens is 398 g/mol. The van der Waals surface area contributed by atoms with Crippen LogP contribution in [0.25, 0.3) is 6.08 Å². The van der Waals surface area contributed by atoms with Crippen LogP contribution in [0.2, 0.25) is 0 Å². The molecule has 0 unspecified atom stereocenters. The summed E-state index contributed by atoms with van der Waals surface area (Å²) in [5, 5.41) is 2.14. The van der Waals surface area contributed by atoms with Crippen LogP contribution in [0.15, 0.2) is 41.8 Å². The topological polar surface area (TPSA) is 106 Å². The second-order valence-electron chi connectivity index (χ2n) is 5.85. The third-order valence-electron chi connectivity index (χ3n) is 3.82. The first-order chi connectivity index (χ1) is 14.0. The zero-order chi connectivity index (χ0) is 20.8. The van der Waals surface area contributed by atoms with Gasteiger partial charge >= 0.3 is 12.1 Å². The average molecular weight is 415 g/mol. The number of para-hydroxylation sites is 1. The molecule has 2 aromatic rings. The summed E-state index contributed by atoms with van der Waals surface area (Å²) in [5.41, 5.74) is 1.14. The van der Waals surface area contributed by atoms with Gasteiger partial charge in [-0.1, -0.05) is 18.2 Å². The molecule has 0 atom stereocenters. The first kappa shape index (κ1) is 20.2. The van der Waals surface area contributed by atoms with E-state index in [0.717, 1.165) is 11.0 Å². The van der Waals surface area contributed by atoms with E-state index in [4.69, 9.17) is 4.74 Å². The number of ether oxygens (including phenoxy) is 2. The fourth-order valence-electron chi connectivity index (χ4n) is 2.49. The SMILES string of the molecule is CC(=O)N(c1ccccc1)c1nc(/C=C/C(=O)OCC(=O)N2CCOC2=O)cs1. The Labute approximate surface area is 170 Å². The van der Waals surface area contributed by atoms with E-state index >= 15 is 0 Å². The van der Waals surface area contributed by atoms with Crippen LogP contribution in [-0.2, 0) is 23.9 Å². The minimum atomic E-state index is -0.757. The molecule has 1 saturated heterocycles. The summed E-state index contributed by atoms with van der Waals surface area (Å²) in [4.78, 5) is 53.6. The molecule has 0 radical (unpaired) electrons. The van der Waals surface area contributed by atoms with Crippen molar-refractivity contribution >= 4 is 52.1 Å². The van der Waals surface area contributed by atoms with E-state index in [-0.39, 0.29) is 19.1 Å². The van der Waals surface area contributed by atoms with E-state index in [2.05, 4.69) is 9.72 Å². The number of thiazole rings is 1. The van der Waals surface area contributed by atoms with Crippen LogP contribution in [0.5, 0.6) is 0 Å². The Morgan fingerprint density at radius 3 is 2.72 bits per heavy atom. The summed E-state index contributed by atoms with van der Waals surface area (Å²) in [7, 11) is 0. The fraction of sp³-hybridized carbons (Fsp3) is 0.211. The van der Waals surface area contributed by atoms with Crippen LogP contribution in [0.1, 0.15) is 12.6 Å². The molecule has 1 aliphatic rings. The highest BCUT2D eigenvalue weighted by atomic mass is 32.1. The first-order valence-corrected chi connectivity index (χ1v) is 9.47. The number of carbonyl (C=O) groups excluding carboxylic acids is 4. The van der Waals surface area contributed by atoms with Crippen LogP contribution >= 0.6 is 11.3 Å².